The van der Waals surface area contributed by atoms with Crippen LogP contribution in [0.4, 0.5) is 17.1 Å². The highest BCUT2D eigenvalue weighted by Gasteiger charge is 2.27. The molecule has 2 aromatic carbocycles. The van der Waals surface area contributed by atoms with E-state index >= 15 is 0 Å². The average Bonchev–Trinajstić information content (AvgIpc) is 3.18. The van der Waals surface area contributed by atoms with Gasteiger partial charge in [-0.05, 0) is 30.7 Å². The molecule has 0 radical (unpaired) electrons. The third-order valence-electron chi connectivity index (χ3n) is 5.28. The highest BCUT2D eigenvalue weighted by molar-refractivity contribution is 5.95. The van der Waals surface area contributed by atoms with Crippen LogP contribution >= 0.6 is 0 Å². The molecule has 0 spiro atoms. The first kappa shape index (κ1) is 20.4. The molecule has 1 atom stereocenters. The van der Waals surface area contributed by atoms with E-state index in [-0.39, 0.29) is 23.2 Å². The first-order valence-corrected chi connectivity index (χ1v) is 9.81. The van der Waals surface area contributed by atoms with Crippen molar-refractivity contribution >= 4 is 29.6 Å². The molecular formula is C23H22N4O4. The van der Waals surface area contributed by atoms with Crippen LogP contribution in [0.1, 0.15) is 49.7 Å². The number of hydrogen-bond acceptors (Lipinski definition) is 7. The van der Waals surface area contributed by atoms with Crippen molar-refractivity contribution in [1.29, 1.82) is 0 Å². The second kappa shape index (κ2) is 8.45. The molecule has 8 heteroatoms. The monoisotopic (exact) mass is 418 g/mol. The number of aliphatic hydroxyl groups excluding tert-OH is 1. The minimum atomic E-state index is -0.751. The van der Waals surface area contributed by atoms with Gasteiger partial charge < -0.3 is 26.0 Å². The lowest BCUT2D eigenvalue weighted by atomic mass is 10.1. The Morgan fingerprint density at radius 1 is 1.06 bits per heavy atom. The number of rotatable bonds is 7. The smallest absolute Gasteiger partial charge is 0.257 e. The van der Waals surface area contributed by atoms with Gasteiger partial charge in [0.05, 0.1) is 23.0 Å². The fraction of sp³-hybridized carbons (Fsp3) is 0.174. The Kier molecular flexibility index (Phi) is 5.55. The molecule has 3 aromatic rings. The Balaban J connectivity index is 1.58. The fourth-order valence-electron chi connectivity index (χ4n) is 3.70. The van der Waals surface area contributed by atoms with Crippen LogP contribution in [0.15, 0.2) is 53.5 Å². The molecule has 158 valence electrons. The van der Waals surface area contributed by atoms with Gasteiger partial charge >= 0.3 is 0 Å². The number of fused-ring (bicyclic) bond motifs is 1. The van der Waals surface area contributed by atoms with Gasteiger partial charge in [0.25, 0.3) is 5.56 Å². The van der Waals surface area contributed by atoms with Gasteiger partial charge in [-0.3, -0.25) is 14.4 Å². The highest BCUT2D eigenvalue weighted by atomic mass is 16.3. The number of benzene rings is 2. The zero-order valence-electron chi connectivity index (χ0n) is 16.8. The number of anilines is 3. The lowest BCUT2D eigenvalue weighted by molar-refractivity contribution is 0.109. The number of aldehydes is 2. The van der Waals surface area contributed by atoms with E-state index in [0.29, 0.717) is 35.2 Å². The largest absolute Gasteiger partial charge is 0.387 e. The summed E-state index contributed by atoms with van der Waals surface area (Å²) in [4.78, 5) is 37.8. The zero-order valence-corrected chi connectivity index (χ0v) is 16.8. The summed E-state index contributed by atoms with van der Waals surface area (Å²) in [5, 5.41) is 20.1. The molecule has 5 N–H and O–H groups in total. The molecule has 8 nitrogen and oxygen atoms in total. The molecule has 0 amide bonds. The number of hydrogen-bond donors (Lipinski definition) is 5. The van der Waals surface area contributed by atoms with Crippen LogP contribution < -0.4 is 21.5 Å². The molecule has 4 rings (SSSR count). The molecular weight excluding hydrogens is 396 g/mol. The third kappa shape index (κ3) is 4.06. The molecule has 0 aliphatic carbocycles. The van der Waals surface area contributed by atoms with Crippen LogP contribution in [-0.4, -0.2) is 29.2 Å². The molecule has 0 saturated heterocycles. The minimum absolute atomic E-state index is 0.212. The van der Waals surface area contributed by atoms with Crippen molar-refractivity contribution in [2.24, 2.45) is 0 Å². The van der Waals surface area contributed by atoms with Gasteiger partial charge in [0.1, 0.15) is 6.17 Å². The standard InChI is InChI=1S/C23H22N4O4/c1-13-3-2-4-14(7-13)20(30)10-25-17-5-6-24-23(31)21(17)22-26-18-8-15(11-28)16(12-29)9-19(18)27-22/h2-9,11-12,20,22,26-27,30H,10H2,1H3,(H2,24,25,31). The van der Waals surface area contributed by atoms with Gasteiger partial charge in [0, 0.05) is 29.6 Å². The summed E-state index contributed by atoms with van der Waals surface area (Å²) in [5.74, 6) is 0. The Morgan fingerprint density at radius 2 is 1.74 bits per heavy atom. The normalized spacial score (nSPS) is 13.6. The number of nitrogens with one attached hydrogen (secondary N) is 4. The predicted molar refractivity (Wildman–Crippen MR) is 119 cm³/mol. The van der Waals surface area contributed by atoms with Gasteiger partial charge in [-0.2, -0.15) is 0 Å². The average molecular weight is 418 g/mol. The van der Waals surface area contributed by atoms with Crippen molar-refractivity contribution in [3.05, 3.63) is 86.8 Å². The van der Waals surface area contributed by atoms with Crippen molar-refractivity contribution in [1.82, 2.24) is 4.98 Å². The van der Waals surface area contributed by atoms with Crippen LogP contribution in [0.5, 0.6) is 0 Å². The molecule has 0 fully saturated rings. The van der Waals surface area contributed by atoms with Crippen LogP contribution in [0, 0.1) is 6.92 Å². The van der Waals surface area contributed by atoms with Crippen molar-refractivity contribution < 1.29 is 14.7 Å². The molecule has 2 heterocycles. The number of aromatic nitrogens is 1. The van der Waals surface area contributed by atoms with Crippen LogP contribution in [0.25, 0.3) is 0 Å². The van der Waals surface area contributed by atoms with E-state index in [1.165, 1.54) is 6.20 Å². The number of aromatic amines is 1. The maximum atomic E-state index is 12.6. The molecule has 0 saturated carbocycles. The number of carbonyl (C=O) groups is 2. The van der Waals surface area contributed by atoms with Crippen LogP contribution in [0.3, 0.4) is 0 Å². The van der Waals surface area contributed by atoms with Crippen molar-refractivity contribution in [3.8, 4) is 0 Å². The van der Waals surface area contributed by atoms with Gasteiger partial charge in [-0.25, -0.2) is 0 Å². The SMILES string of the molecule is Cc1cccc(C(O)CNc2cc[nH]c(=O)c2C2Nc3cc(C=O)c(C=O)cc3N2)c1. The zero-order chi connectivity index (χ0) is 22.0. The van der Waals surface area contributed by atoms with Crippen molar-refractivity contribution in [2.45, 2.75) is 19.2 Å². The van der Waals surface area contributed by atoms with E-state index < -0.39 is 12.3 Å². The summed E-state index contributed by atoms with van der Waals surface area (Å²) >= 11 is 0. The van der Waals surface area contributed by atoms with Crippen molar-refractivity contribution in [3.63, 3.8) is 0 Å². The summed E-state index contributed by atoms with van der Waals surface area (Å²) < 4.78 is 0. The van der Waals surface area contributed by atoms with Gasteiger partial charge in [0.2, 0.25) is 0 Å². The van der Waals surface area contributed by atoms with E-state index in [9.17, 15) is 19.5 Å². The van der Waals surface area contributed by atoms with E-state index in [0.717, 1.165) is 11.1 Å². The first-order valence-electron chi connectivity index (χ1n) is 9.81. The molecule has 31 heavy (non-hydrogen) atoms. The number of H-pyrrole nitrogens is 1. The van der Waals surface area contributed by atoms with E-state index in [2.05, 4.69) is 20.9 Å². The fourth-order valence-corrected chi connectivity index (χ4v) is 3.70. The van der Waals surface area contributed by atoms with E-state index in [1.54, 1.807) is 18.2 Å². The molecule has 1 unspecified atom stereocenters. The van der Waals surface area contributed by atoms with Gasteiger partial charge in [-0.15, -0.1) is 0 Å². The number of carbonyl (C=O) groups excluding carboxylic acids is 2. The maximum absolute atomic E-state index is 12.6. The topological polar surface area (TPSA) is 123 Å². The Morgan fingerprint density at radius 3 is 2.35 bits per heavy atom. The number of aliphatic hydroxyl groups is 1. The van der Waals surface area contributed by atoms with Crippen LogP contribution in [0.2, 0.25) is 0 Å². The summed E-state index contributed by atoms with van der Waals surface area (Å²) in [5.41, 5.74) is 4.25. The second-order valence-electron chi connectivity index (χ2n) is 7.43. The molecule has 1 aliphatic rings. The van der Waals surface area contributed by atoms with Gasteiger partial charge in [-0.1, -0.05) is 29.8 Å². The third-order valence-corrected chi connectivity index (χ3v) is 5.28. The first-order chi connectivity index (χ1) is 15.0. The van der Waals surface area contributed by atoms with Crippen LogP contribution in [-0.2, 0) is 0 Å². The summed E-state index contributed by atoms with van der Waals surface area (Å²) in [6.07, 6.45) is 1.44. The lowest BCUT2D eigenvalue weighted by Gasteiger charge is -2.19. The van der Waals surface area contributed by atoms with Crippen molar-refractivity contribution in [2.75, 3.05) is 22.5 Å². The molecule has 1 aliphatic heterocycles. The Hall–Kier alpha value is -3.91. The van der Waals surface area contributed by atoms with E-state index in [1.807, 2.05) is 31.2 Å². The van der Waals surface area contributed by atoms with E-state index in [4.69, 9.17) is 0 Å². The minimum Gasteiger partial charge on any atom is -0.387 e. The predicted octanol–water partition coefficient (Wildman–Crippen LogP) is 2.99. The van der Waals surface area contributed by atoms with Gasteiger partial charge in [0.15, 0.2) is 12.6 Å². The Labute approximate surface area is 178 Å². The summed E-state index contributed by atoms with van der Waals surface area (Å²) in [7, 11) is 0. The quantitative estimate of drug-likeness (QED) is 0.374. The summed E-state index contributed by atoms with van der Waals surface area (Å²) in [6.45, 7) is 2.17. The number of pyridine rings is 1. The second-order valence-corrected chi connectivity index (χ2v) is 7.43. The summed E-state index contributed by atoms with van der Waals surface area (Å²) in [6, 6.07) is 12.5. The highest BCUT2D eigenvalue weighted by Crippen LogP contribution is 2.37. The number of aryl methyl sites for hydroxylation is 1. The molecule has 0 bridgehead atoms. The lowest BCUT2D eigenvalue weighted by Crippen LogP contribution is -2.26. The molecule has 1 aromatic heterocycles. The Bertz CT molecular complexity index is 1170. The maximum Gasteiger partial charge on any atom is 0.257 e.